The normalized spacial score (nSPS) is 14.8. The lowest BCUT2D eigenvalue weighted by molar-refractivity contribution is -0.121. The molecule has 2 fully saturated rings. The Morgan fingerprint density at radius 2 is 1.53 bits per heavy atom. The fourth-order valence-electron chi connectivity index (χ4n) is 8.38. The first-order valence-electron chi connectivity index (χ1n) is 24.3. The van der Waals surface area contributed by atoms with E-state index in [1.165, 1.54) is 32.1 Å². The van der Waals surface area contributed by atoms with Gasteiger partial charge in [-0.3, -0.25) is 29.4 Å². The highest BCUT2D eigenvalue weighted by Crippen LogP contribution is 2.39. The molecule has 2 aromatic heterocycles. The second kappa shape index (κ2) is 28.1. The molecule has 374 valence electrons. The number of hydrogen-bond acceptors (Lipinski definition) is 14. The van der Waals surface area contributed by atoms with E-state index in [1.54, 1.807) is 31.6 Å². The minimum atomic E-state index is -0.456. The van der Waals surface area contributed by atoms with Crippen molar-refractivity contribution in [3.63, 3.8) is 0 Å². The van der Waals surface area contributed by atoms with Crippen molar-refractivity contribution in [2.75, 3.05) is 104 Å². The van der Waals surface area contributed by atoms with Crippen LogP contribution in [0.25, 0.3) is 22.2 Å². The van der Waals surface area contributed by atoms with E-state index in [0.717, 1.165) is 78.5 Å². The Kier molecular flexibility index (Phi) is 21.1. The molecule has 0 radical (unpaired) electrons. The summed E-state index contributed by atoms with van der Waals surface area (Å²) in [6.07, 6.45) is 12.7. The average molecular weight is 961 g/mol. The van der Waals surface area contributed by atoms with Gasteiger partial charge in [0.05, 0.1) is 49.5 Å². The number of carbonyl (C=O) groups excluding carboxylic acids is 5. The van der Waals surface area contributed by atoms with Gasteiger partial charge in [-0.1, -0.05) is 55.7 Å². The van der Waals surface area contributed by atoms with Crippen LogP contribution in [0.15, 0.2) is 85.3 Å². The highest BCUT2D eigenvalue weighted by Gasteiger charge is 2.29. The number of unbranched alkanes of at least 4 members (excludes halogenated alkanes) is 1. The number of hydrogen-bond donors (Lipinski definition) is 5. The summed E-state index contributed by atoms with van der Waals surface area (Å²) in [6.45, 7) is 7.80. The minimum Gasteiger partial charge on any atom is -0.457 e. The maximum Gasteiger partial charge on any atom is 0.261 e. The molecular weight excluding hydrogens is 893 g/mol. The molecule has 70 heavy (non-hydrogen) atoms. The number of fused-ring (bicyclic) bond motifs is 2. The fourth-order valence-corrected chi connectivity index (χ4v) is 8.38. The van der Waals surface area contributed by atoms with Crippen LogP contribution in [0, 0.1) is 0 Å². The van der Waals surface area contributed by atoms with Crippen molar-refractivity contribution in [3.05, 3.63) is 96.4 Å². The number of aromatic nitrogens is 3. The van der Waals surface area contributed by atoms with E-state index in [1.807, 2.05) is 49.5 Å². The molecule has 0 bridgehead atoms. The van der Waals surface area contributed by atoms with E-state index in [-0.39, 0.29) is 23.9 Å². The molecule has 5 aromatic rings. The van der Waals surface area contributed by atoms with Crippen LogP contribution in [0.1, 0.15) is 78.1 Å². The van der Waals surface area contributed by atoms with Crippen molar-refractivity contribution in [2.24, 2.45) is 0 Å². The summed E-state index contributed by atoms with van der Waals surface area (Å²) in [6, 6.07) is 23.6. The number of anilines is 2. The standard InChI is InChI=1S/C25H26N4O.C21H31N5O5.C6H11NO2/c1-26-24-23-22(16-29(25(23)28-17-27-24)19-8-4-2-5-9-19)18-12-14-21(15-13-18)30-20-10-6-3-7-11-20;1-25-6-8-26(9-7-25)10-12-31-14-13-30-11-5-22-18(27)15-23-17-4-2-3-16-19(17)21(29)24-20(16)28;1-7-6(9)4-2-3-5-8/h3,6-7,10-17,19H,2,4-5,8-9H2,1H3,(H,26,27,28);2-4,23H,5-15H2,1H3,(H,22,27)(H,24,28,29);5H,2-4H2,1H3,(H,7,9). The zero-order valence-corrected chi connectivity index (χ0v) is 40.7. The first-order valence-corrected chi connectivity index (χ1v) is 24.3. The topological polar surface area (TPSA) is 210 Å². The third-order valence-electron chi connectivity index (χ3n) is 12.3. The van der Waals surface area contributed by atoms with Crippen molar-refractivity contribution in [1.82, 2.24) is 40.3 Å². The first-order chi connectivity index (χ1) is 34.2. The van der Waals surface area contributed by atoms with E-state index in [9.17, 15) is 24.0 Å². The summed E-state index contributed by atoms with van der Waals surface area (Å²) in [4.78, 5) is 69.6. The van der Waals surface area contributed by atoms with Crippen LogP contribution in [-0.4, -0.2) is 148 Å². The van der Waals surface area contributed by atoms with Crippen LogP contribution >= 0.6 is 0 Å². The van der Waals surface area contributed by atoms with Gasteiger partial charge < -0.3 is 49.7 Å². The van der Waals surface area contributed by atoms with Crippen molar-refractivity contribution >= 4 is 52.5 Å². The Morgan fingerprint density at radius 3 is 2.24 bits per heavy atom. The number of benzene rings is 3. The monoisotopic (exact) mass is 961 g/mol. The van der Waals surface area contributed by atoms with E-state index < -0.39 is 11.8 Å². The molecule has 0 atom stereocenters. The molecule has 4 heterocycles. The van der Waals surface area contributed by atoms with Crippen LogP contribution in [0.2, 0.25) is 0 Å². The van der Waals surface area contributed by atoms with Crippen LogP contribution in [0.5, 0.6) is 11.5 Å². The van der Waals surface area contributed by atoms with Gasteiger partial charge in [0.2, 0.25) is 11.8 Å². The van der Waals surface area contributed by atoms with Gasteiger partial charge in [0.1, 0.15) is 35.6 Å². The number of likely N-dealkylation sites (N-methyl/N-ethyl adjacent to an activating group) is 1. The number of amides is 4. The summed E-state index contributed by atoms with van der Waals surface area (Å²) >= 11 is 0. The third-order valence-corrected chi connectivity index (χ3v) is 12.3. The smallest absolute Gasteiger partial charge is 0.261 e. The Labute approximate surface area is 410 Å². The predicted octanol–water partition coefficient (Wildman–Crippen LogP) is 5.92. The lowest BCUT2D eigenvalue weighted by Crippen LogP contribution is -2.45. The average Bonchev–Trinajstić information content (AvgIpc) is 3.93. The van der Waals surface area contributed by atoms with Gasteiger partial charge in [-0.25, -0.2) is 9.97 Å². The lowest BCUT2D eigenvalue weighted by atomic mass is 9.95. The molecule has 1 saturated carbocycles. The highest BCUT2D eigenvalue weighted by molar-refractivity contribution is 6.24. The van der Waals surface area contributed by atoms with Crippen molar-refractivity contribution < 1.29 is 38.2 Å². The fraction of sp³-hybridized carbons (Fsp3) is 0.442. The van der Waals surface area contributed by atoms with Crippen LogP contribution < -0.4 is 31.3 Å². The summed E-state index contributed by atoms with van der Waals surface area (Å²) < 4.78 is 19.4. The number of nitrogens with one attached hydrogen (secondary N) is 5. The molecule has 4 amide bonds. The number of carbonyl (C=O) groups is 5. The number of rotatable bonds is 21. The summed E-state index contributed by atoms with van der Waals surface area (Å²) in [5, 5.41) is 14.7. The Morgan fingerprint density at radius 1 is 0.800 bits per heavy atom. The Bertz CT molecular complexity index is 2450. The maximum atomic E-state index is 12.0. The largest absolute Gasteiger partial charge is 0.457 e. The number of nitrogens with zero attached hydrogens (tertiary/aromatic N) is 5. The molecule has 0 spiro atoms. The molecular formula is C52H68N10O8. The minimum absolute atomic E-state index is 0.00292. The lowest BCUT2D eigenvalue weighted by Gasteiger charge is -2.32. The number of aldehydes is 1. The Balaban J connectivity index is 0.000000196. The zero-order valence-electron chi connectivity index (χ0n) is 40.7. The van der Waals surface area contributed by atoms with Crippen molar-refractivity contribution in [3.8, 4) is 22.6 Å². The molecule has 5 N–H and O–H groups in total. The van der Waals surface area contributed by atoms with Gasteiger partial charge in [-0.05, 0) is 68.3 Å². The van der Waals surface area contributed by atoms with Crippen LogP contribution in [0.3, 0.4) is 0 Å². The molecule has 8 rings (SSSR count). The van der Waals surface area contributed by atoms with E-state index in [4.69, 9.17) is 14.2 Å². The molecule has 3 aliphatic rings. The van der Waals surface area contributed by atoms with E-state index in [0.29, 0.717) is 69.5 Å². The van der Waals surface area contributed by atoms with Gasteiger partial charge in [-0.2, -0.15) is 0 Å². The van der Waals surface area contributed by atoms with Gasteiger partial charge in [-0.15, -0.1) is 0 Å². The second-order valence-corrected chi connectivity index (χ2v) is 17.2. The SMILES string of the molecule is CN1CCN(CCOCCOCCNC(=O)CNc2cccc3c2C(=O)NC3=O)CC1.CNC(=O)CCCC=O.CNc1ncnc2c1c(-c1ccc(Oc3ccccc3)cc1)cn2C1CCCCC1. The number of imide groups is 1. The molecule has 18 nitrogen and oxygen atoms in total. The highest BCUT2D eigenvalue weighted by atomic mass is 16.5. The molecule has 2 aliphatic heterocycles. The Hall–Kier alpha value is -6.73. The molecule has 0 unspecified atom stereocenters. The molecule has 18 heteroatoms. The first kappa shape index (κ1) is 52.6. The van der Waals surface area contributed by atoms with Crippen molar-refractivity contribution in [1.29, 1.82) is 0 Å². The van der Waals surface area contributed by atoms with E-state index >= 15 is 0 Å². The van der Waals surface area contributed by atoms with Gasteiger partial charge >= 0.3 is 0 Å². The molecule has 1 aliphatic carbocycles. The third kappa shape index (κ3) is 15.6. The number of piperazine rings is 1. The maximum absolute atomic E-state index is 12.0. The molecule has 1 saturated heterocycles. The number of ether oxygens (including phenoxy) is 3. The van der Waals surface area contributed by atoms with Gasteiger partial charge in [0.15, 0.2) is 0 Å². The second-order valence-electron chi connectivity index (χ2n) is 17.2. The predicted molar refractivity (Wildman–Crippen MR) is 270 cm³/mol. The quantitative estimate of drug-likeness (QED) is 0.0329. The summed E-state index contributed by atoms with van der Waals surface area (Å²) in [5.41, 5.74) is 4.36. The summed E-state index contributed by atoms with van der Waals surface area (Å²) in [5.74, 6) is 1.42. The summed E-state index contributed by atoms with van der Waals surface area (Å²) in [7, 11) is 5.64. The molecule has 3 aromatic carbocycles. The van der Waals surface area contributed by atoms with Crippen LogP contribution in [-0.2, 0) is 23.9 Å². The van der Waals surface area contributed by atoms with Crippen LogP contribution in [0.4, 0.5) is 11.5 Å². The number of para-hydroxylation sites is 1. The zero-order chi connectivity index (χ0) is 49.5. The van der Waals surface area contributed by atoms with E-state index in [2.05, 4.69) is 76.3 Å². The van der Waals surface area contributed by atoms with Gasteiger partial charge in [0.25, 0.3) is 11.8 Å². The van der Waals surface area contributed by atoms with Crippen molar-refractivity contribution in [2.45, 2.75) is 57.4 Å². The van der Waals surface area contributed by atoms with Gasteiger partial charge in [0, 0.05) is 89.7 Å².